The number of anilines is 1. The van der Waals surface area contributed by atoms with E-state index in [1.807, 2.05) is 6.07 Å². The van der Waals surface area contributed by atoms with E-state index in [9.17, 15) is 0 Å². The van der Waals surface area contributed by atoms with Gasteiger partial charge in [-0.3, -0.25) is 4.99 Å². The SMILES string of the molecule is Cc1cc(C)c(NC2=NC(c3ccccc3)CS2)c(Br)c1. The van der Waals surface area contributed by atoms with Crippen molar-refractivity contribution in [3.05, 3.63) is 63.6 Å². The Morgan fingerprint density at radius 2 is 1.95 bits per heavy atom. The highest BCUT2D eigenvalue weighted by Crippen LogP contribution is 2.33. The molecule has 0 radical (unpaired) electrons. The highest BCUT2D eigenvalue weighted by atomic mass is 79.9. The Bertz CT molecular complexity index is 659. The van der Waals surface area contributed by atoms with E-state index >= 15 is 0 Å². The van der Waals surface area contributed by atoms with Crippen LogP contribution in [-0.2, 0) is 0 Å². The molecule has 1 aliphatic rings. The fourth-order valence-electron chi connectivity index (χ4n) is 2.47. The number of thioether (sulfide) groups is 1. The number of hydrogen-bond donors (Lipinski definition) is 1. The Balaban J connectivity index is 1.81. The van der Waals surface area contributed by atoms with E-state index in [1.54, 1.807) is 11.8 Å². The van der Waals surface area contributed by atoms with Gasteiger partial charge in [-0.2, -0.15) is 0 Å². The number of rotatable bonds is 2. The van der Waals surface area contributed by atoms with Gasteiger partial charge in [0.15, 0.2) is 5.17 Å². The Labute approximate surface area is 138 Å². The third-order valence-corrected chi connectivity index (χ3v) is 5.09. The molecule has 0 bridgehead atoms. The average molecular weight is 361 g/mol. The minimum atomic E-state index is 0.253. The fourth-order valence-corrected chi connectivity index (χ4v) is 4.20. The lowest BCUT2D eigenvalue weighted by Gasteiger charge is -2.12. The molecule has 4 heteroatoms. The summed E-state index contributed by atoms with van der Waals surface area (Å²) in [7, 11) is 0. The van der Waals surface area contributed by atoms with Gasteiger partial charge >= 0.3 is 0 Å². The quantitative estimate of drug-likeness (QED) is 0.783. The van der Waals surface area contributed by atoms with E-state index in [4.69, 9.17) is 4.99 Å². The molecule has 21 heavy (non-hydrogen) atoms. The van der Waals surface area contributed by atoms with Gasteiger partial charge in [-0.1, -0.05) is 48.2 Å². The number of aryl methyl sites for hydroxylation is 2. The lowest BCUT2D eigenvalue weighted by molar-refractivity contribution is 0.849. The topological polar surface area (TPSA) is 24.4 Å². The van der Waals surface area contributed by atoms with E-state index in [2.05, 4.69) is 71.5 Å². The lowest BCUT2D eigenvalue weighted by atomic mass is 10.1. The lowest BCUT2D eigenvalue weighted by Crippen LogP contribution is -2.07. The molecule has 1 atom stereocenters. The van der Waals surface area contributed by atoms with Gasteiger partial charge in [-0.15, -0.1) is 0 Å². The van der Waals surface area contributed by atoms with Crippen molar-refractivity contribution >= 4 is 38.5 Å². The van der Waals surface area contributed by atoms with Gasteiger partial charge in [0.2, 0.25) is 0 Å². The van der Waals surface area contributed by atoms with Gasteiger partial charge in [0.25, 0.3) is 0 Å². The van der Waals surface area contributed by atoms with Crippen molar-refractivity contribution in [3.8, 4) is 0 Å². The molecular formula is C17H17BrN2S. The second-order valence-electron chi connectivity index (χ2n) is 5.24. The number of nitrogens with zero attached hydrogens (tertiary/aromatic N) is 1. The van der Waals surface area contributed by atoms with E-state index in [-0.39, 0.29) is 6.04 Å². The molecule has 108 valence electrons. The van der Waals surface area contributed by atoms with Gasteiger partial charge in [-0.05, 0) is 52.5 Å². The number of amidine groups is 1. The number of hydrogen-bond acceptors (Lipinski definition) is 3. The largest absolute Gasteiger partial charge is 0.334 e. The molecule has 1 aliphatic heterocycles. The van der Waals surface area contributed by atoms with Crippen LogP contribution in [0.25, 0.3) is 0 Å². The second-order valence-corrected chi connectivity index (χ2v) is 7.10. The summed E-state index contributed by atoms with van der Waals surface area (Å²) in [6.45, 7) is 4.23. The first-order chi connectivity index (χ1) is 10.1. The minimum absolute atomic E-state index is 0.253. The van der Waals surface area contributed by atoms with Crippen molar-refractivity contribution in [1.82, 2.24) is 0 Å². The molecule has 2 nitrogen and oxygen atoms in total. The molecule has 0 aromatic heterocycles. The molecular weight excluding hydrogens is 344 g/mol. The zero-order valence-corrected chi connectivity index (χ0v) is 14.5. The van der Waals surface area contributed by atoms with Gasteiger partial charge in [0.05, 0.1) is 11.7 Å². The molecule has 0 saturated heterocycles. The summed E-state index contributed by atoms with van der Waals surface area (Å²) in [5.74, 6) is 0.995. The molecule has 0 fully saturated rings. The highest BCUT2D eigenvalue weighted by Gasteiger charge is 2.20. The molecule has 1 unspecified atom stereocenters. The van der Waals surface area contributed by atoms with Gasteiger partial charge in [-0.25, -0.2) is 0 Å². The third-order valence-electron chi connectivity index (χ3n) is 3.50. The van der Waals surface area contributed by atoms with E-state index in [0.29, 0.717) is 0 Å². The van der Waals surface area contributed by atoms with Crippen molar-refractivity contribution in [3.63, 3.8) is 0 Å². The maximum Gasteiger partial charge on any atom is 0.161 e. The molecule has 0 aliphatic carbocycles. The first-order valence-corrected chi connectivity index (χ1v) is 8.70. The van der Waals surface area contributed by atoms with E-state index < -0.39 is 0 Å². The summed E-state index contributed by atoms with van der Waals surface area (Å²) in [6, 6.07) is 15.0. The number of halogens is 1. The van der Waals surface area contributed by atoms with E-state index in [1.165, 1.54) is 16.7 Å². The average Bonchev–Trinajstić information content (AvgIpc) is 2.92. The summed E-state index contributed by atoms with van der Waals surface area (Å²) in [4.78, 5) is 4.81. The van der Waals surface area contributed by atoms with Crippen LogP contribution < -0.4 is 5.32 Å². The van der Waals surface area contributed by atoms with E-state index in [0.717, 1.165) is 21.1 Å². The van der Waals surface area contributed by atoms with Crippen molar-refractivity contribution in [2.45, 2.75) is 19.9 Å². The zero-order valence-electron chi connectivity index (χ0n) is 12.1. The van der Waals surface area contributed by atoms with Crippen LogP contribution in [0, 0.1) is 13.8 Å². The molecule has 0 saturated carbocycles. The smallest absolute Gasteiger partial charge is 0.161 e. The maximum absolute atomic E-state index is 4.81. The molecule has 2 aromatic carbocycles. The fraction of sp³-hybridized carbons (Fsp3) is 0.235. The molecule has 3 rings (SSSR count). The first-order valence-electron chi connectivity index (χ1n) is 6.93. The number of nitrogens with one attached hydrogen (secondary N) is 1. The highest BCUT2D eigenvalue weighted by molar-refractivity contribution is 9.10. The van der Waals surface area contributed by atoms with Crippen LogP contribution in [-0.4, -0.2) is 10.9 Å². The first kappa shape index (κ1) is 14.7. The summed E-state index contributed by atoms with van der Waals surface area (Å²) in [5, 5.41) is 4.47. The van der Waals surface area contributed by atoms with Crippen LogP contribution in [0.15, 0.2) is 51.9 Å². The summed E-state index contributed by atoms with van der Waals surface area (Å²) in [5.41, 5.74) is 4.88. The normalized spacial score (nSPS) is 17.7. The minimum Gasteiger partial charge on any atom is -0.334 e. The summed E-state index contributed by atoms with van der Waals surface area (Å²) in [6.07, 6.45) is 0. The molecule has 1 heterocycles. The Hall–Kier alpha value is -1.26. The Kier molecular flexibility index (Phi) is 4.36. The van der Waals surface area contributed by atoms with Gasteiger partial charge < -0.3 is 5.32 Å². The molecule has 2 aromatic rings. The van der Waals surface area contributed by atoms with Crippen LogP contribution >= 0.6 is 27.7 Å². The van der Waals surface area contributed by atoms with Crippen LogP contribution in [0.3, 0.4) is 0 Å². The number of benzene rings is 2. The van der Waals surface area contributed by atoms with Gasteiger partial charge in [0, 0.05) is 10.2 Å². The third kappa shape index (κ3) is 3.33. The predicted octanol–water partition coefficient (Wildman–Crippen LogP) is 5.32. The number of aliphatic imine (C=N–C) groups is 1. The molecule has 0 amide bonds. The second kappa shape index (κ2) is 6.24. The Morgan fingerprint density at radius 3 is 2.67 bits per heavy atom. The monoisotopic (exact) mass is 360 g/mol. The zero-order chi connectivity index (χ0) is 14.8. The van der Waals surface area contributed by atoms with Crippen LogP contribution in [0.5, 0.6) is 0 Å². The van der Waals surface area contributed by atoms with Crippen molar-refractivity contribution < 1.29 is 0 Å². The predicted molar refractivity (Wildman–Crippen MR) is 96.3 cm³/mol. The summed E-state index contributed by atoms with van der Waals surface area (Å²) < 4.78 is 1.09. The Morgan fingerprint density at radius 1 is 1.19 bits per heavy atom. The van der Waals surface area contributed by atoms with Crippen molar-refractivity contribution in [1.29, 1.82) is 0 Å². The summed E-state index contributed by atoms with van der Waals surface area (Å²) >= 11 is 5.42. The van der Waals surface area contributed by atoms with Crippen LogP contribution in [0.1, 0.15) is 22.7 Å². The van der Waals surface area contributed by atoms with Crippen LogP contribution in [0.2, 0.25) is 0 Å². The molecule has 1 N–H and O–H groups in total. The van der Waals surface area contributed by atoms with Crippen LogP contribution in [0.4, 0.5) is 5.69 Å². The maximum atomic E-state index is 4.81. The van der Waals surface area contributed by atoms with Crippen molar-refractivity contribution in [2.24, 2.45) is 4.99 Å². The standard InChI is InChI=1S/C17H17BrN2S/c1-11-8-12(2)16(14(18)9-11)20-17-19-15(10-21-17)13-6-4-3-5-7-13/h3-9,15H,10H2,1-2H3,(H,19,20). The van der Waals surface area contributed by atoms with Gasteiger partial charge in [0.1, 0.15) is 0 Å². The molecule has 0 spiro atoms. The van der Waals surface area contributed by atoms with Crippen molar-refractivity contribution in [2.75, 3.05) is 11.1 Å².